The van der Waals surface area contributed by atoms with Gasteiger partial charge in [0, 0.05) is 6.54 Å². The van der Waals surface area contributed by atoms with Gasteiger partial charge in [-0.2, -0.15) is 0 Å². The van der Waals surface area contributed by atoms with Gasteiger partial charge in [0.2, 0.25) is 0 Å². The first kappa shape index (κ1) is 12.5. The normalized spacial score (nSPS) is 10.3. The van der Waals surface area contributed by atoms with E-state index in [2.05, 4.69) is 9.59 Å². The van der Waals surface area contributed by atoms with Crippen LogP contribution in [0, 0.1) is 0 Å². The van der Waals surface area contributed by atoms with Gasteiger partial charge in [0.15, 0.2) is 0 Å². The molecule has 2 rings (SSSR count). The number of aromatic nitrogens is 2. The van der Waals surface area contributed by atoms with Crippen molar-refractivity contribution in [1.82, 2.24) is 9.59 Å². The van der Waals surface area contributed by atoms with Gasteiger partial charge in [-0.25, -0.2) is 0 Å². The highest BCUT2D eigenvalue weighted by Gasteiger charge is 2.20. The standard InChI is InChI=1S/C12H14N4OS/c1-2-7-16(10-6-4-3-5-9(10)13)12(17)11-8-14-15-18-11/h3-6,8H,2,7,13H2,1H3. The first-order chi connectivity index (χ1) is 8.74. The summed E-state index contributed by atoms with van der Waals surface area (Å²) in [5.74, 6) is -0.107. The van der Waals surface area contributed by atoms with E-state index in [0.717, 1.165) is 23.6 Å². The lowest BCUT2D eigenvalue weighted by Crippen LogP contribution is -2.31. The van der Waals surface area contributed by atoms with Crippen LogP contribution in [0.1, 0.15) is 23.0 Å². The number of nitrogen functional groups attached to an aromatic ring is 1. The molecule has 1 amide bonds. The van der Waals surface area contributed by atoms with Crippen molar-refractivity contribution < 1.29 is 4.79 Å². The van der Waals surface area contributed by atoms with Gasteiger partial charge in [0.25, 0.3) is 5.91 Å². The summed E-state index contributed by atoms with van der Waals surface area (Å²) in [6.45, 7) is 2.63. The Morgan fingerprint density at radius 1 is 1.44 bits per heavy atom. The number of amides is 1. The minimum absolute atomic E-state index is 0.107. The molecule has 1 heterocycles. The molecular weight excluding hydrogens is 248 g/mol. The highest BCUT2D eigenvalue weighted by atomic mass is 32.1. The molecule has 0 bridgehead atoms. The number of para-hydroxylation sites is 2. The van der Waals surface area contributed by atoms with Crippen molar-refractivity contribution in [1.29, 1.82) is 0 Å². The summed E-state index contributed by atoms with van der Waals surface area (Å²) in [6.07, 6.45) is 2.33. The Morgan fingerprint density at radius 3 is 2.83 bits per heavy atom. The largest absolute Gasteiger partial charge is 0.397 e. The molecule has 0 aliphatic heterocycles. The molecule has 0 atom stereocenters. The van der Waals surface area contributed by atoms with E-state index in [4.69, 9.17) is 5.73 Å². The molecule has 0 spiro atoms. The van der Waals surface area contributed by atoms with Gasteiger partial charge >= 0.3 is 0 Å². The third kappa shape index (κ3) is 2.48. The number of anilines is 2. The van der Waals surface area contributed by atoms with E-state index in [1.165, 1.54) is 6.20 Å². The van der Waals surface area contributed by atoms with Gasteiger partial charge in [0.1, 0.15) is 4.88 Å². The Morgan fingerprint density at radius 2 is 2.22 bits per heavy atom. The number of benzene rings is 1. The first-order valence-corrected chi connectivity index (χ1v) is 6.45. The van der Waals surface area contributed by atoms with Crippen molar-refractivity contribution >= 4 is 28.8 Å². The molecule has 1 aromatic heterocycles. The Labute approximate surface area is 109 Å². The van der Waals surface area contributed by atoms with Crippen LogP contribution < -0.4 is 10.6 Å². The minimum Gasteiger partial charge on any atom is -0.397 e. The molecule has 0 radical (unpaired) electrons. The van der Waals surface area contributed by atoms with Crippen LogP contribution in [-0.2, 0) is 0 Å². The lowest BCUT2D eigenvalue weighted by Gasteiger charge is -2.22. The maximum absolute atomic E-state index is 12.3. The summed E-state index contributed by atoms with van der Waals surface area (Å²) in [5, 5.41) is 3.69. The molecule has 0 aliphatic rings. The van der Waals surface area contributed by atoms with E-state index in [0.29, 0.717) is 17.1 Å². The first-order valence-electron chi connectivity index (χ1n) is 5.67. The number of nitrogens with zero attached hydrogens (tertiary/aromatic N) is 3. The SMILES string of the molecule is CCCN(C(=O)c1cnns1)c1ccccc1N. The topological polar surface area (TPSA) is 72.1 Å². The summed E-state index contributed by atoms with van der Waals surface area (Å²) in [5.41, 5.74) is 7.25. The van der Waals surface area contributed by atoms with Gasteiger partial charge in [-0.3, -0.25) is 4.79 Å². The van der Waals surface area contributed by atoms with E-state index >= 15 is 0 Å². The van der Waals surface area contributed by atoms with E-state index in [-0.39, 0.29) is 5.91 Å². The van der Waals surface area contributed by atoms with Crippen LogP contribution in [0.25, 0.3) is 0 Å². The van der Waals surface area contributed by atoms with Crippen molar-refractivity contribution in [2.24, 2.45) is 0 Å². The fourth-order valence-corrected chi connectivity index (χ4v) is 2.15. The smallest absolute Gasteiger partial charge is 0.271 e. The van der Waals surface area contributed by atoms with E-state index < -0.39 is 0 Å². The average Bonchev–Trinajstić information content (AvgIpc) is 2.90. The fraction of sp³-hybridized carbons (Fsp3) is 0.250. The van der Waals surface area contributed by atoms with Gasteiger partial charge in [-0.15, -0.1) is 5.10 Å². The molecule has 0 unspecified atom stereocenters. The summed E-state index contributed by atoms with van der Waals surface area (Å²) in [7, 11) is 0. The van der Waals surface area contributed by atoms with Gasteiger partial charge in [0.05, 0.1) is 17.6 Å². The molecule has 18 heavy (non-hydrogen) atoms. The predicted octanol–water partition coefficient (Wildman–Crippen LogP) is 2.18. The predicted molar refractivity (Wildman–Crippen MR) is 72.7 cm³/mol. The highest BCUT2D eigenvalue weighted by Crippen LogP contribution is 2.24. The lowest BCUT2D eigenvalue weighted by molar-refractivity contribution is 0.0990. The van der Waals surface area contributed by atoms with Crippen LogP contribution in [0.5, 0.6) is 0 Å². The number of carbonyl (C=O) groups excluding carboxylic acids is 1. The van der Waals surface area contributed by atoms with Crippen LogP contribution in [0.15, 0.2) is 30.5 Å². The van der Waals surface area contributed by atoms with Crippen molar-refractivity contribution in [2.75, 3.05) is 17.2 Å². The Bertz CT molecular complexity index is 527. The number of hydrogen-bond acceptors (Lipinski definition) is 5. The molecule has 1 aromatic carbocycles. The fourth-order valence-electron chi connectivity index (χ4n) is 1.68. The number of hydrogen-bond donors (Lipinski definition) is 1. The summed E-state index contributed by atoms with van der Waals surface area (Å²) < 4.78 is 3.71. The zero-order valence-electron chi connectivity index (χ0n) is 10.0. The monoisotopic (exact) mass is 262 g/mol. The van der Waals surface area contributed by atoms with Crippen LogP contribution in [0.3, 0.4) is 0 Å². The Balaban J connectivity index is 2.34. The number of carbonyl (C=O) groups is 1. The summed E-state index contributed by atoms with van der Waals surface area (Å²) in [4.78, 5) is 14.5. The molecule has 0 aliphatic carbocycles. The minimum atomic E-state index is -0.107. The van der Waals surface area contributed by atoms with Crippen LogP contribution in [-0.4, -0.2) is 22.0 Å². The van der Waals surface area contributed by atoms with Crippen LogP contribution >= 0.6 is 11.5 Å². The van der Waals surface area contributed by atoms with Gasteiger partial charge in [-0.1, -0.05) is 23.5 Å². The second kappa shape index (κ2) is 5.59. The molecule has 0 saturated carbocycles. The Hall–Kier alpha value is -1.95. The molecular formula is C12H14N4OS. The van der Waals surface area contributed by atoms with E-state index in [1.807, 2.05) is 25.1 Å². The van der Waals surface area contributed by atoms with Crippen LogP contribution in [0.2, 0.25) is 0 Å². The van der Waals surface area contributed by atoms with E-state index in [9.17, 15) is 4.79 Å². The molecule has 6 heteroatoms. The number of rotatable bonds is 4. The van der Waals surface area contributed by atoms with Crippen molar-refractivity contribution in [3.05, 3.63) is 35.3 Å². The van der Waals surface area contributed by atoms with Crippen LogP contribution in [0.4, 0.5) is 11.4 Å². The Kier molecular flexibility index (Phi) is 3.88. The molecule has 0 saturated heterocycles. The van der Waals surface area contributed by atoms with E-state index in [1.54, 1.807) is 11.0 Å². The molecule has 2 N–H and O–H groups in total. The third-order valence-corrected chi connectivity index (χ3v) is 3.14. The molecule has 5 nitrogen and oxygen atoms in total. The lowest BCUT2D eigenvalue weighted by atomic mass is 10.2. The van der Waals surface area contributed by atoms with Crippen molar-refractivity contribution in [2.45, 2.75) is 13.3 Å². The third-order valence-electron chi connectivity index (χ3n) is 2.49. The quantitative estimate of drug-likeness (QED) is 0.857. The molecule has 2 aromatic rings. The van der Waals surface area contributed by atoms with Crippen molar-refractivity contribution in [3.63, 3.8) is 0 Å². The zero-order valence-corrected chi connectivity index (χ0v) is 10.9. The number of nitrogens with two attached hydrogens (primary N) is 1. The van der Waals surface area contributed by atoms with Gasteiger partial charge < -0.3 is 10.6 Å². The second-order valence-corrected chi connectivity index (χ2v) is 4.58. The maximum atomic E-state index is 12.3. The van der Waals surface area contributed by atoms with Crippen molar-refractivity contribution in [3.8, 4) is 0 Å². The average molecular weight is 262 g/mol. The van der Waals surface area contributed by atoms with Gasteiger partial charge in [-0.05, 0) is 30.1 Å². The molecule has 94 valence electrons. The maximum Gasteiger partial charge on any atom is 0.271 e. The molecule has 0 fully saturated rings. The second-order valence-electron chi connectivity index (χ2n) is 3.80. The summed E-state index contributed by atoms with van der Waals surface area (Å²) >= 11 is 1.09. The zero-order chi connectivity index (χ0) is 13.0. The summed E-state index contributed by atoms with van der Waals surface area (Å²) in [6, 6.07) is 7.35. The highest BCUT2D eigenvalue weighted by molar-refractivity contribution is 7.07.